The predicted octanol–water partition coefficient (Wildman–Crippen LogP) is 4.41. The van der Waals surface area contributed by atoms with Crippen LogP contribution in [-0.2, 0) is 11.0 Å². The number of hydrogen-bond acceptors (Lipinski definition) is 8. The summed E-state index contributed by atoms with van der Waals surface area (Å²) in [5.74, 6) is 0.833. The third-order valence-electron chi connectivity index (χ3n) is 6.42. The Morgan fingerprint density at radius 3 is 2.71 bits per heavy atom. The molecule has 4 rings (SSSR count). The van der Waals surface area contributed by atoms with Gasteiger partial charge in [0.15, 0.2) is 5.82 Å². The molecular weight excluding hydrogens is 479 g/mol. The Labute approximate surface area is 207 Å². The van der Waals surface area contributed by atoms with Crippen molar-refractivity contribution in [2.45, 2.75) is 46.8 Å². The van der Waals surface area contributed by atoms with Crippen molar-refractivity contribution in [3.63, 3.8) is 0 Å². The minimum Gasteiger partial charge on any atom is -0.370 e. The summed E-state index contributed by atoms with van der Waals surface area (Å²) in [5, 5.41) is 8.82. The van der Waals surface area contributed by atoms with Crippen LogP contribution >= 0.6 is 11.9 Å². The number of nitrogens with zero attached hydrogens (tertiary/aromatic N) is 4. The zero-order valence-corrected chi connectivity index (χ0v) is 21.3. The van der Waals surface area contributed by atoms with E-state index < -0.39 is 17.6 Å². The fourth-order valence-corrected chi connectivity index (χ4v) is 5.02. The quantitative estimate of drug-likeness (QED) is 0.504. The highest BCUT2D eigenvalue weighted by molar-refractivity contribution is 8.01. The number of allylic oxidation sites excluding steroid dienone is 1. The zero-order chi connectivity index (χ0) is 25.7. The van der Waals surface area contributed by atoms with Gasteiger partial charge in [-0.25, -0.2) is 4.98 Å². The normalized spacial score (nSPS) is 21.3. The molecule has 0 spiro atoms. The van der Waals surface area contributed by atoms with Gasteiger partial charge >= 0.3 is 6.18 Å². The number of carbonyl (C=O) groups excluding carboxylic acids is 1. The molecule has 3 aliphatic rings. The monoisotopic (exact) mass is 509 g/mol. The molecule has 0 saturated carbocycles. The van der Waals surface area contributed by atoms with Crippen LogP contribution < -0.4 is 20.4 Å². The third kappa shape index (κ3) is 4.94. The maximum atomic E-state index is 13.2. The Morgan fingerprint density at radius 1 is 1.37 bits per heavy atom. The van der Waals surface area contributed by atoms with Crippen LogP contribution in [0, 0.1) is 11.3 Å². The molecule has 4 heterocycles. The lowest BCUT2D eigenvalue weighted by molar-refractivity contribution is -0.137. The molecule has 1 atom stereocenters. The van der Waals surface area contributed by atoms with E-state index in [1.807, 2.05) is 11.2 Å². The number of dihydropyridines is 1. The summed E-state index contributed by atoms with van der Waals surface area (Å²) < 4.78 is 39.7. The van der Waals surface area contributed by atoms with E-state index in [1.54, 1.807) is 6.20 Å². The molecule has 0 radical (unpaired) electrons. The molecule has 0 bridgehead atoms. The van der Waals surface area contributed by atoms with Crippen LogP contribution in [0.5, 0.6) is 0 Å². The number of carbonyl (C=O) groups is 1. The Kier molecular flexibility index (Phi) is 6.47. The van der Waals surface area contributed by atoms with Crippen molar-refractivity contribution in [1.29, 1.82) is 0 Å². The average Bonchev–Trinajstić information content (AvgIpc) is 3.34. The maximum Gasteiger partial charge on any atom is 0.417 e. The molecule has 3 aliphatic heterocycles. The molecular formula is C23H30F3N7OS. The first-order valence-electron chi connectivity index (χ1n) is 11.2. The summed E-state index contributed by atoms with van der Waals surface area (Å²) in [6.45, 7) is 11.1. The molecule has 1 saturated heterocycles. The second kappa shape index (κ2) is 8.98. The molecule has 0 aromatic carbocycles. The molecule has 8 nitrogen and oxygen atoms in total. The maximum absolute atomic E-state index is 13.2. The van der Waals surface area contributed by atoms with E-state index in [1.165, 1.54) is 31.6 Å². The Balaban J connectivity index is 1.56. The zero-order valence-electron chi connectivity index (χ0n) is 20.5. The number of hydrogen-bond donors (Lipinski definition) is 3. The number of halogens is 3. The summed E-state index contributed by atoms with van der Waals surface area (Å²) in [7, 11) is 1.41. The van der Waals surface area contributed by atoms with E-state index in [-0.39, 0.29) is 22.8 Å². The fourth-order valence-electron chi connectivity index (χ4n) is 4.37. The van der Waals surface area contributed by atoms with Crippen molar-refractivity contribution in [2.24, 2.45) is 11.3 Å². The predicted molar refractivity (Wildman–Crippen MR) is 131 cm³/mol. The van der Waals surface area contributed by atoms with Crippen LogP contribution in [-0.4, -0.2) is 40.4 Å². The van der Waals surface area contributed by atoms with Gasteiger partial charge in [-0.3, -0.25) is 9.80 Å². The molecule has 1 aromatic heterocycles. The number of amides is 1. The van der Waals surface area contributed by atoms with E-state index in [4.69, 9.17) is 0 Å². The van der Waals surface area contributed by atoms with E-state index in [0.717, 1.165) is 29.5 Å². The summed E-state index contributed by atoms with van der Waals surface area (Å²) in [6.07, 6.45) is 2.21. The Morgan fingerprint density at radius 2 is 2.09 bits per heavy atom. The second-order valence-corrected chi connectivity index (χ2v) is 10.6. The van der Waals surface area contributed by atoms with Crippen LogP contribution in [0.25, 0.3) is 0 Å². The first-order chi connectivity index (χ1) is 16.3. The molecule has 1 fully saturated rings. The van der Waals surface area contributed by atoms with E-state index in [2.05, 4.69) is 59.1 Å². The summed E-state index contributed by atoms with van der Waals surface area (Å²) in [6, 6.07) is 1.32. The second-order valence-electron chi connectivity index (χ2n) is 9.80. The molecule has 35 heavy (non-hydrogen) atoms. The lowest BCUT2D eigenvalue weighted by Gasteiger charge is -2.30. The standard InChI is InChI=1S/C23H30F3N7OS/c1-13(2)32-12-22(4,5)16-8-19(27-10-18(16)32)33-11-20(35-30-33)29-21-17(31(6)14(3)34)7-15(9-28-21)23(24,25)26/h7-11,13,16,27,30H,12H2,1-6H3,(H,28,29). The van der Waals surface area contributed by atoms with Gasteiger partial charge in [-0.15, -0.1) is 0 Å². The highest BCUT2D eigenvalue weighted by Crippen LogP contribution is 2.46. The Hall–Kier alpha value is -2.86. The van der Waals surface area contributed by atoms with Gasteiger partial charge in [0.05, 0.1) is 17.5 Å². The van der Waals surface area contributed by atoms with E-state index >= 15 is 0 Å². The minimum atomic E-state index is -4.57. The smallest absolute Gasteiger partial charge is 0.370 e. The van der Waals surface area contributed by atoms with Crippen molar-refractivity contribution in [3.8, 4) is 0 Å². The number of nitrogens with one attached hydrogen (secondary N) is 3. The van der Waals surface area contributed by atoms with Crippen molar-refractivity contribution < 1.29 is 18.0 Å². The SMILES string of the molecule is CC(=O)N(C)c1cc(C(F)(F)F)cnc1NC1=CN(C2=CC3C(=CN2)N(C(C)C)CC3(C)C)NS1. The van der Waals surface area contributed by atoms with E-state index in [9.17, 15) is 18.0 Å². The highest BCUT2D eigenvalue weighted by atomic mass is 32.2. The number of likely N-dealkylation sites (tertiary alicyclic amines) is 1. The van der Waals surface area contributed by atoms with Gasteiger partial charge < -0.3 is 20.4 Å². The van der Waals surface area contributed by atoms with Crippen molar-refractivity contribution in [2.75, 3.05) is 23.8 Å². The van der Waals surface area contributed by atoms with Gasteiger partial charge in [-0.2, -0.15) is 18.0 Å². The molecule has 190 valence electrons. The molecule has 12 heteroatoms. The van der Waals surface area contributed by atoms with Gasteiger partial charge in [0, 0.05) is 50.6 Å². The minimum absolute atomic E-state index is 0.0383. The fraction of sp³-hybridized carbons (Fsp3) is 0.478. The number of aromatic nitrogens is 1. The number of rotatable bonds is 5. The topological polar surface area (TPSA) is 75.8 Å². The van der Waals surface area contributed by atoms with Crippen molar-refractivity contribution in [1.82, 2.24) is 25.0 Å². The number of alkyl halides is 3. The average molecular weight is 510 g/mol. The van der Waals surface area contributed by atoms with Crippen LogP contribution in [0.4, 0.5) is 24.7 Å². The summed E-state index contributed by atoms with van der Waals surface area (Å²) >= 11 is 1.26. The van der Waals surface area contributed by atoms with Crippen LogP contribution in [0.15, 0.2) is 47.3 Å². The molecule has 0 aliphatic carbocycles. The lowest BCUT2D eigenvalue weighted by Crippen LogP contribution is -2.35. The first kappa shape index (κ1) is 25.2. The number of hydrazine groups is 1. The van der Waals surface area contributed by atoms with Gasteiger partial charge in [0.25, 0.3) is 0 Å². The third-order valence-corrected chi connectivity index (χ3v) is 7.13. The molecule has 1 aromatic rings. The van der Waals surface area contributed by atoms with Gasteiger partial charge in [-0.05, 0) is 43.4 Å². The molecule has 1 unspecified atom stereocenters. The first-order valence-corrected chi connectivity index (χ1v) is 12.1. The van der Waals surface area contributed by atoms with Crippen LogP contribution in [0.2, 0.25) is 0 Å². The largest absolute Gasteiger partial charge is 0.417 e. The highest BCUT2D eigenvalue weighted by Gasteiger charge is 2.44. The van der Waals surface area contributed by atoms with Crippen molar-refractivity contribution in [3.05, 3.63) is 52.8 Å². The van der Waals surface area contributed by atoms with Crippen LogP contribution in [0.1, 0.15) is 40.2 Å². The van der Waals surface area contributed by atoms with E-state index in [0.29, 0.717) is 11.1 Å². The molecule has 1 amide bonds. The van der Waals surface area contributed by atoms with Gasteiger partial charge in [-0.1, -0.05) is 13.8 Å². The Bertz CT molecular complexity index is 1110. The number of pyridine rings is 1. The van der Waals surface area contributed by atoms with Crippen LogP contribution in [0.3, 0.4) is 0 Å². The van der Waals surface area contributed by atoms with Crippen molar-refractivity contribution >= 4 is 29.4 Å². The number of fused-ring (bicyclic) bond motifs is 1. The number of anilines is 2. The molecule has 3 N–H and O–H groups in total. The van der Waals surface area contributed by atoms with Gasteiger partial charge in [0.2, 0.25) is 5.91 Å². The summed E-state index contributed by atoms with van der Waals surface area (Å²) in [5.41, 5.74) is 0.440. The summed E-state index contributed by atoms with van der Waals surface area (Å²) in [4.78, 5) is 22.6. The lowest BCUT2D eigenvalue weighted by atomic mass is 9.80. The van der Waals surface area contributed by atoms with Gasteiger partial charge in [0.1, 0.15) is 10.9 Å².